The highest BCUT2D eigenvalue weighted by atomic mass is 19.1. The second-order valence-electron chi connectivity index (χ2n) is 18.2. The minimum Gasteiger partial charge on any atom is -0.481 e. The van der Waals surface area contributed by atoms with Crippen LogP contribution < -0.4 is 37.6 Å². The molecule has 4 atom stereocenters. The van der Waals surface area contributed by atoms with Crippen LogP contribution in [0.25, 0.3) is 11.1 Å². The first-order valence-corrected chi connectivity index (χ1v) is 23.5. The molecule has 0 radical (unpaired) electrons. The molecule has 0 unspecified atom stereocenters. The molecule has 0 aliphatic rings. The van der Waals surface area contributed by atoms with Gasteiger partial charge in [-0.25, -0.2) is 13.6 Å². The van der Waals surface area contributed by atoms with Gasteiger partial charge in [0.25, 0.3) is 0 Å². The Morgan fingerprint density at radius 1 is 0.757 bits per heavy atom. The van der Waals surface area contributed by atoms with Gasteiger partial charge in [-0.05, 0) is 54.2 Å². The number of rotatable bonds is 27. The molecule has 0 saturated heterocycles. The molecule has 0 aliphatic heterocycles. The van der Waals surface area contributed by atoms with E-state index in [2.05, 4.69) is 31.9 Å². The number of carboxylic acids is 1. The smallest absolute Gasteiger partial charge is 0.408 e. The minimum atomic E-state index is -1.72. The van der Waals surface area contributed by atoms with Crippen molar-refractivity contribution in [1.82, 2.24) is 41.4 Å². The van der Waals surface area contributed by atoms with Gasteiger partial charge in [-0.2, -0.15) is 0 Å². The second-order valence-corrected chi connectivity index (χ2v) is 18.2. The van der Waals surface area contributed by atoms with Gasteiger partial charge < -0.3 is 62.1 Å². The van der Waals surface area contributed by atoms with Crippen LogP contribution in [-0.4, -0.2) is 124 Å². The van der Waals surface area contributed by atoms with E-state index < -0.39 is 127 Å². The fourth-order valence-electron chi connectivity index (χ4n) is 7.69. The van der Waals surface area contributed by atoms with E-state index >= 15 is 4.39 Å². The van der Waals surface area contributed by atoms with Crippen LogP contribution in [0.1, 0.15) is 76.2 Å². The maximum Gasteiger partial charge on any atom is 0.408 e. The number of hydrogen-bond acceptors (Lipinski definition) is 11. The molecule has 0 aliphatic carbocycles. The van der Waals surface area contributed by atoms with Gasteiger partial charge in [-0.3, -0.25) is 38.4 Å². The molecule has 74 heavy (non-hydrogen) atoms. The Bertz CT molecular complexity index is 2610. The van der Waals surface area contributed by atoms with E-state index in [1.807, 2.05) is 30.3 Å². The Balaban J connectivity index is 1.64. The van der Waals surface area contributed by atoms with Crippen molar-refractivity contribution in [1.29, 1.82) is 0 Å². The van der Waals surface area contributed by atoms with E-state index in [0.29, 0.717) is 11.3 Å². The quantitative estimate of drug-likeness (QED) is 0.0389. The number of nitrogens with one attached hydrogen (secondary N) is 6. The lowest BCUT2D eigenvalue weighted by Crippen LogP contribution is -2.58. The molecule has 23 heteroatoms. The highest BCUT2D eigenvalue weighted by molar-refractivity contribution is 5.96. The molecule has 398 valence electrons. The van der Waals surface area contributed by atoms with Crippen molar-refractivity contribution in [3.05, 3.63) is 120 Å². The van der Waals surface area contributed by atoms with Crippen LogP contribution in [-0.2, 0) is 56.2 Å². The molecule has 10 N–H and O–H groups in total. The Hall–Kier alpha value is -8.21. The number of amides is 8. The van der Waals surface area contributed by atoms with Crippen molar-refractivity contribution in [2.45, 2.75) is 90.7 Å². The zero-order chi connectivity index (χ0) is 54.5. The summed E-state index contributed by atoms with van der Waals surface area (Å²) in [5, 5.41) is 33.7. The van der Waals surface area contributed by atoms with Gasteiger partial charge in [0.15, 0.2) is 0 Å². The molecule has 21 nitrogen and oxygen atoms in total. The van der Waals surface area contributed by atoms with Gasteiger partial charge in [0.2, 0.25) is 41.4 Å². The van der Waals surface area contributed by atoms with Crippen molar-refractivity contribution >= 4 is 53.4 Å². The number of benzene rings is 3. The lowest BCUT2D eigenvalue weighted by Gasteiger charge is -2.41. The Labute approximate surface area is 425 Å². The van der Waals surface area contributed by atoms with Gasteiger partial charge in [0, 0.05) is 55.6 Å². The molecule has 0 saturated carbocycles. The number of halogens is 2. The number of aliphatic hydroxyl groups is 1. The van der Waals surface area contributed by atoms with Crippen molar-refractivity contribution in [2.24, 2.45) is 11.1 Å². The molecular formula is C51H63F2N9O12. The Morgan fingerprint density at radius 2 is 1.39 bits per heavy atom. The van der Waals surface area contributed by atoms with Crippen molar-refractivity contribution < 1.29 is 66.9 Å². The predicted octanol–water partition coefficient (Wildman–Crippen LogP) is 2.15. The molecule has 4 rings (SSSR count). The van der Waals surface area contributed by atoms with Crippen LogP contribution in [0.15, 0.2) is 91.1 Å². The number of ether oxygens (including phenoxy) is 1. The molecule has 0 spiro atoms. The SMILES string of the molecule is C[C@H](NC(=O)OCc1ccccc1)C(=O)N[C@@H](CC(N)=O)C(=O)N[C@@H](CCN(C(=O)CO)[C@@H](c1cc(-c2cc(F)ccc2F)cn1Cc1ccccc1)C(C)(C)C)C(=O)NCCNC(=O)CNC(=O)CCC(=O)O. The summed E-state index contributed by atoms with van der Waals surface area (Å²) < 4.78 is 36.9. The Kier molecular flexibility index (Phi) is 22.2. The third-order valence-electron chi connectivity index (χ3n) is 11.3. The standard InChI is InChI=1S/C51H63F2N9O12/c1-31(58-50(73)74-30-33-13-9-6-10-14-33)47(70)60-39(25-41(54)64)49(72)59-38(48(71)56-21-20-55-43(66)26-57-42(65)17-18-45(68)69)19-22-62(44(67)29-63)46(51(2,3)4)40-23-34(36-24-35(52)15-16-37(36)53)28-61(40)27-32-11-7-5-8-12-32/h5-16,23-24,28,31,38-39,46,63H,17-22,25-27,29-30H2,1-4H3,(H2,54,64)(H,55,66)(H,56,71)(H,57,65)(H,58,73)(H,59,72)(H,60,70)(H,68,69)/t31-,38-,39-,46-/m0/s1. The number of nitrogens with two attached hydrogens (primary N) is 1. The number of aliphatic carboxylic acids is 1. The maximum atomic E-state index is 15.4. The molecular weight excluding hydrogens is 969 g/mol. The number of alkyl carbamates (subject to hydrolysis) is 1. The summed E-state index contributed by atoms with van der Waals surface area (Å²) in [6, 6.07) is 16.9. The van der Waals surface area contributed by atoms with Crippen LogP contribution >= 0.6 is 0 Å². The van der Waals surface area contributed by atoms with Gasteiger partial charge in [-0.1, -0.05) is 81.4 Å². The maximum absolute atomic E-state index is 15.4. The number of carboxylic acid groups (broad SMARTS) is 1. The van der Waals surface area contributed by atoms with E-state index in [4.69, 9.17) is 15.6 Å². The summed E-state index contributed by atoms with van der Waals surface area (Å²) in [5.74, 6) is -8.74. The highest BCUT2D eigenvalue weighted by Gasteiger charge is 2.38. The minimum absolute atomic E-state index is 0.0624. The van der Waals surface area contributed by atoms with Gasteiger partial charge >= 0.3 is 12.1 Å². The largest absolute Gasteiger partial charge is 0.481 e. The molecule has 1 heterocycles. The summed E-state index contributed by atoms with van der Waals surface area (Å²) in [6.07, 6.45) is -1.33. The van der Waals surface area contributed by atoms with E-state index in [0.717, 1.165) is 23.8 Å². The summed E-state index contributed by atoms with van der Waals surface area (Å²) in [6.45, 7) is 4.42. The van der Waals surface area contributed by atoms with Crippen LogP contribution in [0.4, 0.5) is 13.6 Å². The number of hydrogen-bond donors (Lipinski definition) is 9. The third-order valence-corrected chi connectivity index (χ3v) is 11.3. The first-order valence-electron chi connectivity index (χ1n) is 23.5. The van der Waals surface area contributed by atoms with Gasteiger partial charge in [0.1, 0.15) is 43.0 Å². The number of primary amides is 1. The van der Waals surface area contributed by atoms with Crippen molar-refractivity contribution in [2.75, 3.05) is 32.8 Å². The van der Waals surface area contributed by atoms with Gasteiger partial charge in [-0.15, -0.1) is 0 Å². The van der Waals surface area contributed by atoms with Crippen molar-refractivity contribution in [3.8, 4) is 11.1 Å². The molecule has 1 aromatic heterocycles. The fraction of sp³-hybridized carbons (Fsp3) is 0.392. The van der Waals surface area contributed by atoms with Crippen molar-refractivity contribution in [3.63, 3.8) is 0 Å². The number of carbonyl (C=O) groups is 9. The number of carbonyl (C=O) groups excluding carboxylic acids is 8. The van der Waals surface area contributed by atoms with Crippen LogP contribution in [0, 0.1) is 17.0 Å². The molecule has 0 fully saturated rings. The highest BCUT2D eigenvalue weighted by Crippen LogP contribution is 2.41. The zero-order valence-electron chi connectivity index (χ0n) is 41.5. The average Bonchev–Trinajstić information content (AvgIpc) is 3.75. The number of aromatic nitrogens is 1. The average molecular weight is 1030 g/mol. The number of aliphatic hydroxyl groups excluding tert-OH is 1. The van der Waals surface area contributed by atoms with E-state index in [9.17, 15) is 52.6 Å². The van der Waals surface area contributed by atoms with E-state index in [-0.39, 0.29) is 50.3 Å². The monoisotopic (exact) mass is 1030 g/mol. The number of nitrogens with zero attached hydrogens (tertiary/aromatic N) is 2. The topological polar surface area (TPSA) is 310 Å². The van der Waals surface area contributed by atoms with E-state index in [1.54, 1.807) is 67.9 Å². The predicted molar refractivity (Wildman–Crippen MR) is 264 cm³/mol. The lowest BCUT2D eigenvalue weighted by molar-refractivity contribution is -0.140. The molecule has 3 aromatic carbocycles. The molecule has 4 aromatic rings. The summed E-state index contributed by atoms with van der Waals surface area (Å²) in [7, 11) is 0. The van der Waals surface area contributed by atoms with Crippen LogP contribution in [0.3, 0.4) is 0 Å². The summed E-state index contributed by atoms with van der Waals surface area (Å²) in [4.78, 5) is 117. The lowest BCUT2D eigenvalue weighted by atomic mass is 9.82. The normalized spacial score (nSPS) is 12.7. The van der Waals surface area contributed by atoms with Crippen LogP contribution in [0.2, 0.25) is 0 Å². The first kappa shape index (κ1) is 58.4. The Morgan fingerprint density at radius 3 is 2.01 bits per heavy atom. The summed E-state index contributed by atoms with van der Waals surface area (Å²) >= 11 is 0. The fourth-order valence-corrected chi connectivity index (χ4v) is 7.69. The van der Waals surface area contributed by atoms with Gasteiger partial charge in [0.05, 0.1) is 25.4 Å². The zero-order valence-corrected chi connectivity index (χ0v) is 41.5. The van der Waals surface area contributed by atoms with E-state index in [1.165, 1.54) is 11.8 Å². The van der Waals surface area contributed by atoms with Crippen LogP contribution in [0.5, 0.6) is 0 Å². The molecule has 0 bridgehead atoms. The molecule has 8 amide bonds. The third kappa shape index (κ3) is 18.8. The summed E-state index contributed by atoms with van der Waals surface area (Å²) in [5.41, 5.74) is 6.70. The second kappa shape index (κ2) is 28.1. The first-order chi connectivity index (χ1) is 35.1.